The average molecular weight is 360 g/mol. The molecular weight excluding hydrogens is 340 g/mol. The van der Waals surface area contributed by atoms with Gasteiger partial charge in [0.2, 0.25) is 11.8 Å². The van der Waals surface area contributed by atoms with Crippen molar-refractivity contribution in [1.29, 1.82) is 0 Å². The van der Waals surface area contributed by atoms with Gasteiger partial charge in [0.1, 0.15) is 0 Å². The molecule has 0 bridgehead atoms. The zero-order chi connectivity index (χ0) is 18.4. The number of imide groups is 1. The Kier molecular flexibility index (Phi) is 3.79. The molecule has 2 fully saturated rings. The van der Waals surface area contributed by atoms with Crippen LogP contribution in [0, 0.1) is 11.8 Å². The molecule has 1 aromatic heterocycles. The molecule has 6 nitrogen and oxygen atoms in total. The molecule has 136 valence electrons. The first-order valence-corrected chi connectivity index (χ1v) is 9.23. The second-order valence-electron chi connectivity index (χ2n) is 7.40. The molecule has 2 aromatic carbocycles. The van der Waals surface area contributed by atoms with Gasteiger partial charge < -0.3 is 0 Å². The Morgan fingerprint density at radius 3 is 2.41 bits per heavy atom. The lowest BCUT2D eigenvalue weighted by atomic mass is 10.00. The van der Waals surface area contributed by atoms with Gasteiger partial charge in [0.05, 0.1) is 30.1 Å². The summed E-state index contributed by atoms with van der Waals surface area (Å²) in [6, 6.07) is 15.8. The van der Waals surface area contributed by atoms with E-state index in [-0.39, 0.29) is 23.7 Å². The highest BCUT2D eigenvalue weighted by atomic mass is 16.2. The number of aromatic nitrogens is 2. The number of amides is 2. The van der Waals surface area contributed by atoms with Crippen LogP contribution in [0.15, 0.2) is 54.7 Å². The summed E-state index contributed by atoms with van der Waals surface area (Å²) in [5.74, 6) is -0.495. The largest absolute Gasteiger partial charge is 0.297 e. The number of rotatable bonds is 4. The Hall–Kier alpha value is -2.99. The fraction of sp³-hybridized carbons (Fsp3) is 0.286. The summed E-state index contributed by atoms with van der Waals surface area (Å²) in [5.41, 5.74) is 3.16. The summed E-state index contributed by atoms with van der Waals surface area (Å²) < 4.78 is 0. The molecule has 3 aromatic rings. The van der Waals surface area contributed by atoms with Gasteiger partial charge in [-0.25, -0.2) is 0 Å². The van der Waals surface area contributed by atoms with Gasteiger partial charge in [0, 0.05) is 25.0 Å². The number of H-pyrrole nitrogens is 1. The minimum absolute atomic E-state index is 0.0297. The van der Waals surface area contributed by atoms with Crippen LogP contribution in [0.25, 0.3) is 10.9 Å². The van der Waals surface area contributed by atoms with E-state index < -0.39 is 0 Å². The Morgan fingerprint density at radius 2 is 1.67 bits per heavy atom. The van der Waals surface area contributed by atoms with Crippen LogP contribution in [-0.4, -0.2) is 44.9 Å². The number of nitrogens with zero attached hydrogens (tertiary/aromatic N) is 3. The van der Waals surface area contributed by atoms with Crippen molar-refractivity contribution in [3.63, 3.8) is 0 Å². The predicted octanol–water partition coefficient (Wildman–Crippen LogP) is 2.18. The third-order valence-electron chi connectivity index (χ3n) is 5.71. The van der Waals surface area contributed by atoms with Crippen LogP contribution >= 0.6 is 0 Å². The van der Waals surface area contributed by atoms with E-state index in [0.717, 1.165) is 23.0 Å². The van der Waals surface area contributed by atoms with Gasteiger partial charge in [-0.15, -0.1) is 0 Å². The molecule has 6 heteroatoms. The molecule has 3 heterocycles. The standard InChI is InChI=1S/C21H20N4O2/c26-20-17-12-24(11-15-7-4-8-19-16(15)9-22-23-19)13-18(17)21(27)25(20)10-14-5-2-1-3-6-14/h1-9,17-18H,10-13H2,(H,22,23)/t17-,18+. The number of hydrogen-bond donors (Lipinski definition) is 1. The van der Waals surface area contributed by atoms with Crippen LogP contribution in [-0.2, 0) is 22.7 Å². The molecule has 2 saturated heterocycles. The second kappa shape index (κ2) is 6.32. The maximum Gasteiger partial charge on any atom is 0.234 e. The van der Waals surface area contributed by atoms with Crippen LogP contribution < -0.4 is 0 Å². The Morgan fingerprint density at radius 1 is 0.926 bits per heavy atom. The number of nitrogens with one attached hydrogen (secondary N) is 1. The summed E-state index contributed by atoms with van der Waals surface area (Å²) in [7, 11) is 0. The van der Waals surface area contributed by atoms with Crippen molar-refractivity contribution < 1.29 is 9.59 Å². The average Bonchev–Trinajstić information content (AvgIpc) is 3.37. The van der Waals surface area contributed by atoms with E-state index >= 15 is 0 Å². The van der Waals surface area contributed by atoms with Crippen molar-refractivity contribution in [2.75, 3.05) is 13.1 Å². The number of likely N-dealkylation sites (tertiary alicyclic amines) is 2. The van der Waals surface area contributed by atoms with Crippen molar-refractivity contribution in [3.05, 3.63) is 65.9 Å². The van der Waals surface area contributed by atoms with Gasteiger partial charge >= 0.3 is 0 Å². The lowest BCUT2D eigenvalue weighted by Crippen LogP contribution is -2.35. The highest BCUT2D eigenvalue weighted by Gasteiger charge is 2.52. The minimum atomic E-state index is -0.218. The van der Waals surface area contributed by atoms with Crippen LogP contribution in [0.1, 0.15) is 11.1 Å². The summed E-state index contributed by atoms with van der Waals surface area (Å²) in [4.78, 5) is 29.3. The van der Waals surface area contributed by atoms with Crippen molar-refractivity contribution in [2.24, 2.45) is 11.8 Å². The van der Waals surface area contributed by atoms with Crippen molar-refractivity contribution >= 4 is 22.7 Å². The zero-order valence-electron chi connectivity index (χ0n) is 14.8. The van der Waals surface area contributed by atoms with Crippen LogP contribution in [0.4, 0.5) is 0 Å². The molecule has 0 saturated carbocycles. The number of benzene rings is 2. The van der Waals surface area contributed by atoms with Crippen molar-refractivity contribution in [2.45, 2.75) is 13.1 Å². The van der Waals surface area contributed by atoms with Gasteiger partial charge in [-0.2, -0.15) is 5.10 Å². The molecule has 2 amide bonds. The maximum absolute atomic E-state index is 12.8. The first-order valence-electron chi connectivity index (χ1n) is 9.23. The van der Waals surface area contributed by atoms with Gasteiger partial charge in [0.25, 0.3) is 0 Å². The number of carbonyl (C=O) groups excluding carboxylic acids is 2. The van der Waals surface area contributed by atoms with Crippen LogP contribution in [0.2, 0.25) is 0 Å². The van der Waals surface area contributed by atoms with Gasteiger partial charge in [0.15, 0.2) is 0 Å². The van der Waals surface area contributed by atoms with Gasteiger partial charge in [-0.1, -0.05) is 42.5 Å². The SMILES string of the molecule is O=C1[C@H]2CN(Cc3cccc4[nH]ncc34)C[C@H]2C(=O)N1Cc1ccccc1. The normalized spacial score (nSPS) is 22.7. The van der Waals surface area contributed by atoms with Crippen LogP contribution in [0.5, 0.6) is 0 Å². The third-order valence-corrected chi connectivity index (χ3v) is 5.71. The lowest BCUT2D eigenvalue weighted by molar-refractivity contribution is -0.141. The van der Waals surface area contributed by atoms with Crippen molar-refractivity contribution in [3.8, 4) is 0 Å². The molecule has 2 aliphatic heterocycles. The molecule has 0 aliphatic carbocycles. The fourth-order valence-electron chi connectivity index (χ4n) is 4.35. The van der Waals surface area contributed by atoms with Crippen LogP contribution in [0.3, 0.4) is 0 Å². The quantitative estimate of drug-likeness (QED) is 0.724. The predicted molar refractivity (Wildman–Crippen MR) is 100 cm³/mol. The highest BCUT2D eigenvalue weighted by molar-refractivity contribution is 6.05. The van der Waals surface area contributed by atoms with Gasteiger partial charge in [-0.05, 0) is 17.2 Å². The fourth-order valence-corrected chi connectivity index (χ4v) is 4.35. The number of hydrogen-bond acceptors (Lipinski definition) is 4. The molecule has 0 spiro atoms. The maximum atomic E-state index is 12.8. The van der Waals surface area contributed by atoms with E-state index in [1.165, 1.54) is 10.5 Å². The molecule has 0 unspecified atom stereocenters. The monoisotopic (exact) mass is 360 g/mol. The smallest absolute Gasteiger partial charge is 0.234 e. The highest BCUT2D eigenvalue weighted by Crippen LogP contribution is 2.35. The molecule has 2 atom stereocenters. The molecule has 0 radical (unpaired) electrons. The Balaban J connectivity index is 1.31. The topological polar surface area (TPSA) is 69.3 Å². The number of aromatic amines is 1. The molecular formula is C21H20N4O2. The summed E-state index contributed by atoms with van der Waals surface area (Å²) in [5, 5.41) is 8.19. The summed E-state index contributed by atoms with van der Waals surface area (Å²) in [6.07, 6.45) is 1.83. The molecule has 2 aliphatic rings. The van der Waals surface area contributed by atoms with E-state index in [1.807, 2.05) is 48.7 Å². The van der Waals surface area contributed by atoms with E-state index in [0.29, 0.717) is 19.6 Å². The summed E-state index contributed by atoms with van der Waals surface area (Å²) >= 11 is 0. The Bertz CT molecular complexity index is 989. The number of fused-ring (bicyclic) bond motifs is 2. The van der Waals surface area contributed by atoms with E-state index in [9.17, 15) is 9.59 Å². The molecule has 5 rings (SSSR count). The van der Waals surface area contributed by atoms with E-state index in [1.54, 1.807) is 0 Å². The minimum Gasteiger partial charge on any atom is -0.297 e. The molecule has 27 heavy (non-hydrogen) atoms. The first-order chi connectivity index (χ1) is 13.2. The van der Waals surface area contributed by atoms with E-state index in [2.05, 4.69) is 21.2 Å². The van der Waals surface area contributed by atoms with E-state index in [4.69, 9.17) is 0 Å². The van der Waals surface area contributed by atoms with Crippen molar-refractivity contribution in [1.82, 2.24) is 20.0 Å². The van der Waals surface area contributed by atoms with Gasteiger partial charge in [-0.3, -0.25) is 24.5 Å². The lowest BCUT2D eigenvalue weighted by Gasteiger charge is -2.21. The Labute approximate surface area is 156 Å². The number of carbonyl (C=O) groups is 2. The first kappa shape index (κ1) is 16.2. The third kappa shape index (κ3) is 2.73. The zero-order valence-corrected chi connectivity index (χ0v) is 14.8. The second-order valence-corrected chi connectivity index (χ2v) is 7.40. The summed E-state index contributed by atoms with van der Waals surface area (Å²) in [6.45, 7) is 2.37. The molecule has 1 N–H and O–H groups in total.